The van der Waals surface area contributed by atoms with E-state index in [-0.39, 0.29) is 13.0 Å². The van der Waals surface area contributed by atoms with E-state index in [1.165, 1.54) is 18.5 Å². The molecule has 0 aliphatic carbocycles. The van der Waals surface area contributed by atoms with Gasteiger partial charge in [0.05, 0.1) is 25.7 Å². The minimum absolute atomic E-state index is 0.00974. The Hall–Kier alpha value is -0.700. The first kappa shape index (κ1) is 18.3. The highest BCUT2D eigenvalue weighted by Gasteiger charge is 2.39. The summed E-state index contributed by atoms with van der Waals surface area (Å²) in [6.07, 6.45) is 0.696. The molecule has 1 N–H and O–H groups in total. The van der Waals surface area contributed by atoms with Crippen LogP contribution in [0.25, 0.3) is 0 Å². The van der Waals surface area contributed by atoms with E-state index in [0.29, 0.717) is 18.9 Å². The van der Waals surface area contributed by atoms with Gasteiger partial charge in [-0.25, -0.2) is 0 Å². The zero-order valence-corrected chi connectivity index (χ0v) is 14.0. The van der Waals surface area contributed by atoms with Crippen LogP contribution in [0.1, 0.15) is 33.1 Å². The second-order valence-corrected chi connectivity index (χ2v) is 7.69. The van der Waals surface area contributed by atoms with Crippen molar-refractivity contribution in [1.29, 1.82) is 0 Å². The fourth-order valence-corrected chi connectivity index (χ4v) is 4.15. The Labute approximate surface area is 127 Å². The first-order chi connectivity index (χ1) is 9.70. The molecule has 0 aromatic carbocycles. The van der Waals surface area contributed by atoms with Crippen molar-refractivity contribution in [2.24, 2.45) is 5.92 Å². The van der Waals surface area contributed by atoms with Crippen LogP contribution in [0.15, 0.2) is 0 Å². The SMILES string of the molecule is COC(=O)CCN(C)S(=O)(=O)N1CC[C@H](C)C[C@@H]1[C@H](C)O. The minimum atomic E-state index is -3.68. The van der Waals surface area contributed by atoms with E-state index in [2.05, 4.69) is 11.7 Å². The number of carbonyl (C=O) groups is 1. The average Bonchev–Trinajstić information content (AvgIpc) is 2.43. The molecule has 0 amide bonds. The van der Waals surface area contributed by atoms with Crippen LogP contribution in [0.5, 0.6) is 0 Å². The Morgan fingerprint density at radius 1 is 1.52 bits per heavy atom. The Bertz CT molecular complexity index is 451. The number of aliphatic hydroxyl groups is 1. The second-order valence-electron chi connectivity index (χ2n) is 5.70. The van der Waals surface area contributed by atoms with Gasteiger partial charge < -0.3 is 9.84 Å². The van der Waals surface area contributed by atoms with Gasteiger partial charge in [-0.3, -0.25) is 4.79 Å². The summed E-state index contributed by atoms with van der Waals surface area (Å²) in [6.45, 7) is 4.12. The molecule has 0 aromatic heterocycles. The fourth-order valence-electron chi connectivity index (χ4n) is 2.53. The fraction of sp³-hybridized carbons (Fsp3) is 0.923. The summed E-state index contributed by atoms with van der Waals surface area (Å²) in [4.78, 5) is 11.1. The molecule has 0 unspecified atom stereocenters. The second kappa shape index (κ2) is 7.53. The van der Waals surface area contributed by atoms with Crippen LogP contribution in [-0.2, 0) is 19.7 Å². The molecule has 0 bridgehead atoms. The number of methoxy groups -OCH3 is 1. The van der Waals surface area contributed by atoms with Gasteiger partial charge in [0.15, 0.2) is 0 Å². The summed E-state index contributed by atoms with van der Waals surface area (Å²) in [5.41, 5.74) is 0. The van der Waals surface area contributed by atoms with Crippen LogP contribution in [0.4, 0.5) is 0 Å². The molecule has 21 heavy (non-hydrogen) atoms. The van der Waals surface area contributed by atoms with Gasteiger partial charge in [-0.05, 0) is 25.7 Å². The lowest BCUT2D eigenvalue weighted by molar-refractivity contribution is -0.140. The maximum absolute atomic E-state index is 12.6. The zero-order chi connectivity index (χ0) is 16.2. The van der Waals surface area contributed by atoms with Crippen LogP contribution in [0.2, 0.25) is 0 Å². The average molecular weight is 322 g/mol. The van der Waals surface area contributed by atoms with E-state index in [9.17, 15) is 18.3 Å². The zero-order valence-electron chi connectivity index (χ0n) is 13.2. The molecule has 7 nitrogen and oxygen atoms in total. The van der Waals surface area contributed by atoms with Crippen molar-refractivity contribution in [3.8, 4) is 0 Å². The Balaban J connectivity index is 2.81. The van der Waals surface area contributed by atoms with Crippen LogP contribution < -0.4 is 0 Å². The highest BCUT2D eigenvalue weighted by atomic mass is 32.2. The topological polar surface area (TPSA) is 87.2 Å². The number of esters is 1. The summed E-state index contributed by atoms with van der Waals surface area (Å²) in [5.74, 6) is -0.0622. The molecular formula is C13H26N2O5S. The van der Waals surface area contributed by atoms with E-state index >= 15 is 0 Å². The molecule has 3 atom stereocenters. The molecule has 0 aromatic rings. The summed E-state index contributed by atoms with van der Waals surface area (Å²) < 4.78 is 32.2. The number of rotatable bonds is 6. The van der Waals surface area contributed by atoms with Gasteiger partial charge in [0.25, 0.3) is 10.2 Å². The predicted molar refractivity (Wildman–Crippen MR) is 78.8 cm³/mol. The van der Waals surface area contributed by atoms with Gasteiger partial charge in [0.1, 0.15) is 0 Å². The third-order valence-corrected chi connectivity index (χ3v) is 5.98. The Kier molecular flexibility index (Phi) is 6.58. The maximum Gasteiger partial charge on any atom is 0.306 e. The number of ether oxygens (including phenoxy) is 1. The van der Waals surface area contributed by atoms with Gasteiger partial charge in [-0.1, -0.05) is 6.92 Å². The molecule has 1 aliphatic rings. The number of carbonyl (C=O) groups excluding carboxylic acids is 1. The third-order valence-electron chi connectivity index (χ3n) is 3.96. The van der Waals surface area contributed by atoms with E-state index < -0.39 is 28.3 Å². The number of hydrogen-bond acceptors (Lipinski definition) is 5. The summed E-state index contributed by atoms with van der Waals surface area (Å²) in [6, 6.07) is -0.417. The van der Waals surface area contributed by atoms with Crippen molar-refractivity contribution in [2.75, 3.05) is 27.2 Å². The first-order valence-corrected chi connectivity index (χ1v) is 8.57. The maximum atomic E-state index is 12.6. The lowest BCUT2D eigenvalue weighted by atomic mass is 9.92. The molecule has 1 heterocycles. The molecule has 8 heteroatoms. The molecule has 1 rings (SSSR count). The molecule has 0 saturated carbocycles. The van der Waals surface area contributed by atoms with Gasteiger partial charge in [0.2, 0.25) is 0 Å². The highest BCUT2D eigenvalue weighted by Crippen LogP contribution is 2.28. The van der Waals surface area contributed by atoms with Gasteiger partial charge >= 0.3 is 5.97 Å². The molecule has 1 aliphatic heterocycles. The smallest absolute Gasteiger partial charge is 0.306 e. The number of hydrogen-bond donors (Lipinski definition) is 1. The molecule has 1 fully saturated rings. The number of aliphatic hydroxyl groups excluding tert-OH is 1. The lowest BCUT2D eigenvalue weighted by Gasteiger charge is -2.40. The van der Waals surface area contributed by atoms with Crippen molar-refractivity contribution < 1.29 is 23.1 Å². The van der Waals surface area contributed by atoms with Gasteiger partial charge in [-0.2, -0.15) is 17.0 Å². The Morgan fingerprint density at radius 3 is 2.67 bits per heavy atom. The monoisotopic (exact) mass is 322 g/mol. The van der Waals surface area contributed by atoms with Gasteiger partial charge in [0, 0.05) is 20.1 Å². The largest absolute Gasteiger partial charge is 0.469 e. The van der Waals surface area contributed by atoms with Crippen molar-refractivity contribution in [3.63, 3.8) is 0 Å². The summed E-state index contributed by atoms with van der Waals surface area (Å²) >= 11 is 0. The quantitative estimate of drug-likeness (QED) is 0.706. The first-order valence-electron chi connectivity index (χ1n) is 7.18. The molecule has 0 spiro atoms. The number of nitrogens with zero attached hydrogens (tertiary/aromatic N) is 2. The number of piperidine rings is 1. The third kappa shape index (κ3) is 4.64. The molecule has 1 saturated heterocycles. The van der Waals surface area contributed by atoms with E-state index in [4.69, 9.17) is 0 Å². The van der Waals surface area contributed by atoms with Crippen LogP contribution in [-0.4, -0.2) is 67.5 Å². The van der Waals surface area contributed by atoms with E-state index in [1.807, 2.05) is 0 Å². The minimum Gasteiger partial charge on any atom is -0.469 e. The Morgan fingerprint density at radius 2 is 2.14 bits per heavy atom. The van der Waals surface area contributed by atoms with E-state index in [0.717, 1.165) is 10.7 Å². The summed E-state index contributed by atoms with van der Waals surface area (Å²) in [7, 11) is -0.975. The van der Waals surface area contributed by atoms with Crippen molar-refractivity contribution in [1.82, 2.24) is 8.61 Å². The summed E-state index contributed by atoms with van der Waals surface area (Å²) in [5, 5.41) is 9.87. The standard InChI is InChI=1S/C13H26N2O5S/c1-10-5-8-15(12(9-10)11(2)16)21(18,19)14(3)7-6-13(17)20-4/h10-12,16H,5-9H2,1-4H3/t10-,11-,12+/m0/s1. The van der Waals surface area contributed by atoms with Crippen LogP contribution in [0.3, 0.4) is 0 Å². The van der Waals surface area contributed by atoms with Gasteiger partial charge in [-0.15, -0.1) is 0 Å². The predicted octanol–water partition coefficient (Wildman–Crippen LogP) is 0.207. The molecule has 0 radical (unpaired) electrons. The van der Waals surface area contributed by atoms with Crippen molar-refractivity contribution in [3.05, 3.63) is 0 Å². The molecule has 124 valence electrons. The lowest BCUT2D eigenvalue weighted by Crippen LogP contribution is -2.54. The van der Waals surface area contributed by atoms with Crippen molar-refractivity contribution >= 4 is 16.2 Å². The van der Waals surface area contributed by atoms with Crippen LogP contribution >= 0.6 is 0 Å². The van der Waals surface area contributed by atoms with E-state index in [1.54, 1.807) is 6.92 Å². The van der Waals surface area contributed by atoms with Crippen LogP contribution in [0, 0.1) is 5.92 Å². The normalized spacial score (nSPS) is 25.8. The molecular weight excluding hydrogens is 296 g/mol. The van der Waals surface area contributed by atoms with Crippen molar-refractivity contribution in [2.45, 2.75) is 45.3 Å². The highest BCUT2D eigenvalue weighted by molar-refractivity contribution is 7.86.